The van der Waals surface area contributed by atoms with Crippen LogP contribution in [0.5, 0.6) is 0 Å². The van der Waals surface area contributed by atoms with Crippen molar-refractivity contribution in [3.05, 3.63) is 0 Å². The molecule has 2 radical (unpaired) electrons. The van der Waals surface area contributed by atoms with Gasteiger partial charge in [0, 0.05) is 0 Å². The van der Waals surface area contributed by atoms with Crippen LogP contribution >= 0.6 is 0 Å². The molecule has 0 aromatic heterocycles. The Morgan fingerprint density at radius 1 is 2.00 bits per heavy atom. The van der Waals surface area contributed by atoms with Crippen LogP contribution in [0.15, 0.2) is 4.90 Å². The first-order chi connectivity index (χ1) is 2.41. The Morgan fingerprint density at radius 3 is 2.60 bits per heavy atom. The first kappa shape index (κ1) is 4.73. The van der Waals surface area contributed by atoms with Gasteiger partial charge in [-0.3, -0.25) is 0 Å². The molecule has 0 saturated carbocycles. The Labute approximate surface area is 33.5 Å². The molecule has 0 rings (SSSR count). The molecule has 0 heterocycles. The van der Waals surface area contributed by atoms with Crippen LogP contribution in [0.2, 0.25) is 0 Å². The normalized spacial score (nSPS) is 9.80. The van der Waals surface area contributed by atoms with E-state index in [1.807, 2.05) is 6.92 Å². The van der Waals surface area contributed by atoms with E-state index in [1.165, 1.54) is 0 Å². The molecule has 0 aromatic rings. The summed E-state index contributed by atoms with van der Waals surface area (Å²) in [6, 6.07) is 0. The molecule has 1 nitrogen and oxygen atoms in total. The highest BCUT2D eigenvalue weighted by Crippen LogP contribution is 1.59. The maximum absolute atomic E-state index is 4.71. The Bertz CT molecular complexity index is 33.9. The van der Waals surface area contributed by atoms with Gasteiger partial charge in [-0.15, -0.1) is 0 Å². The van der Waals surface area contributed by atoms with E-state index < -0.39 is 0 Å². The Morgan fingerprint density at radius 2 is 2.60 bits per heavy atom. The second kappa shape index (κ2) is 3.73. The number of rotatable bonds is 1. The van der Waals surface area contributed by atoms with Crippen molar-refractivity contribution >= 4 is 14.2 Å². The van der Waals surface area contributed by atoms with E-state index in [2.05, 4.69) is 4.90 Å². The predicted molar refractivity (Wildman–Crippen MR) is 24.5 cm³/mol. The van der Waals surface area contributed by atoms with Gasteiger partial charge in [0.2, 0.25) is 0 Å². The molecule has 0 N–H and O–H groups in total. The fourth-order valence-corrected chi connectivity index (χ4v) is 0.105. The van der Waals surface area contributed by atoms with E-state index in [0.29, 0.717) is 0 Å². The van der Waals surface area contributed by atoms with Crippen molar-refractivity contribution in [2.45, 2.75) is 13.3 Å². The van der Waals surface area contributed by atoms with Crippen molar-refractivity contribution in [1.82, 2.24) is 0 Å². The zero-order valence-corrected chi connectivity index (χ0v) is 3.31. The summed E-state index contributed by atoms with van der Waals surface area (Å²) in [5, 5.41) is 0. The van der Waals surface area contributed by atoms with Crippen LogP contribution in [-0.4, -0.2) is 14.2 Å². The van der Waals surface area contributed by atoms with Gasteiger partial charge in [0.25, 0.3) is 7.98 Å². The van der Waals surface area contributed by atoms with Gasteiger partial charge in [-0.2, -0.15) is 0 Å². The van der Waals surface area contributed by atoms with Crippen LogP contribution < -0.4 is 0 Å². The summed E-state index contributed by atoms with van der Waals surface area (Å²) >= 11 is 0. The molecule has 0 unspecified atom stereocenters. The highest BCUT2D eigenvalue weighted by Gasteiger charge is 1.53. The lowest BCUT2D eigenvalue weighted by Crippen LogP contribution is -1.62. The molecule has 0 aromatic carbocycles. The van der Waals surface area contributed by atoms with E-state index in [-0.39, 0.29) is 0 Å². The highest BCUT2D eigenvalue weighted by atomic mass is 14.5. The molecular weight excluding hydrogens is 60.9 g/mol. The van der Waals surface area contributed by atoms with Crippen LogP contribution in [0.4, 0.5) is 0 Å². The van der Waals surface area contributed by atoms with Crippen LogP contribution in [0.25, 0.3) is 0 Å². The second-order valence-corrected chi connectivity index (χ2v) is 0.740. The average molecular weight is 66.9 g/mol. The molecule has 0 fully saturated rings. The largest absolute Gasteiger partial charge is 0.367 e. The van der Waals surface area contributed by atoms with Gasteiger partial charge in [-0.05, 0) is 12.6 Å². The van der Waals surface area contributed by atoms with Gasteiger partial charge < -0.3 is 4.90 Å². The van der Waals surface area contributed by atoms with Gasteiger partial charge in [-0.1, -0.05) is 6.92 Å². The van der Waals surface area contributed by atoms with E-state index in [9.17, 15) is 0 Å². The summed E-state index contributed by atoms with van der Waals surface area (Å²) in [4.78, 5) is 3.23. The van der Waals surface area contributed by atoms with Gasteiger partial charge in [0.15, 0.2) is 0 Å². The minimum absolute atomic E-state index is 0.927. The van der Waals surface area contributed by atoms with Crippen molar-refractivity contribution in [2.24, 2.45) is 4.90 Å². The van der Waals surface area contributed by atoms with Crippen molar-refractivity contribution < 1.29 is 0 Å². The average Bonchev–Trinajstić information content (AvgIpc) is 1.41. The summed E-state index contributed by atoms with van der Waals surface area (Å²) in [5.74, 6) is 0. The monoisotopic (exact) mass is 67.1 g/mol. The van der Waals surface area contributed by atoms with E-state index >= 15 is 0 Å². The molecule has 0 atom stereocenters. The zero-order chi connectivity index (χ0) is 4.12. The molecule has 0 amide bonds. The summed E-state index contributed by atoms with van der Waals surface area (Å²) in [6.07, 6.45) is 2.58. The van der Waals surface area contributed by atoms with Crippen molar-refractivity contribution in [3.63, 3.8) is 0 Å². The number of nitrogens with zero attached hydrogens (tertiary/aromatic N) is 1. The minimum atomic E-state index is 0.927. The first-order valence-electron chi connectivity index (χ1n) is 1.63. The summed E-state index contributed by atoms with van der Waals surface area (Å²) in [5.41, 5.74) is 0. The minimum Gasteiger partial charge on any atom is -0.367 e. The van der Waals surface area contributed by atoms with Crippen molar-refractivity contribution in [1.29, 1.82) is 0 Å². The maximum Gasteiger partial charge on any atom is 0.258 e. The molecular formula is C3H6BN. The topological polar surface area (TPSA) is 12.4 Å². The smallest absolute Gasteiger partial charge is 0.258 e. The summed E-state index contributed by atoms with van der Waals surface area (Å²) in [7, 11) is 4.71. The molecule has 0 aliphatic heterocycles. The molecule has 0 aliphatic rings. The fraction of sp³-hybridized carbons (Fsp3) is 0.667. The molecule has 26 valence electrons. The lowest BCUT2D eigenvalue weighted by Gasteiger charge is -1.66. The van der Waals surface area contributed by atoms with Crippen LogP contribution in [-0.2, 0) is 0 Å². The lowest BCUT2D eigenvalue weighted by molar-refractivity contribution is 1.33. The number of hydrogen-bond acceptors (Lipinski definition) is 1. The maximum atomic E-state index is 4.71. The van der Waals surface area contributed by atoms with Crippen molar-refractivity contribution in [2.75, 3.05) is 0 Å². The second-order valence-electron chi connectivity index (χ2n) is 0.740. The highest BCUT2D eigenvalue weighted by molar-refractivity contribution is 6.09. The molecule has 0 spiro atoms. The fourth-order valence-electron chi connectivity index (χ4n) is 0.105. The Kier molecular flexibility index (Phi) is 3.54. The Balaban J connectivity index is 2.62. The third kappa shape index (κ3) is 3.73. The van der Waals surface area contributed by atoms with E-state index in [1.54, 1.807) is 6.21 Å². The predicted octanol–water partition coefficient (Wildman–Crippen LogP) is 0.551. The molecule has 0 aliphatic carbocycles. The lowest BCUT2D eigenvalue weighted by atomic mass is 10.4. The van der Waals surface area contributed by atoms with Crippen molar-refractivity contribution in [3.8, 4) is 0 Å². The molecule has 5 heavy (non-hydrogen) atoms. The quantitative estimate of drug-likeness (QED) is 0.313. The molecule has 2 heteroatoms. The van der Waals surface area contributed by atoms with E-state index in [4.69, 9.17) is 7.98 Å². The van der Waals surface area contributed by atoms with Crippen LogP contribution in [0, 0.1) is 0 Å². The first-order valence-corrected chi connectivity index (χ1v) is 1.63. The van der Waals surface area contributed by atoms with E-state index in [0.717, 1.165) is 6.42 Å². The van der Waals surface area contributed by atoms with Crippen LogP contribution in [0.3, 0.4) is 0 Å². The van der Waals surface area contributed by atoms with Gasteiger partial charge >= 0.3 is 0 Å². The number of hydrogen-bond donors (Lipinski definition) is 0. The third-order valence-corrected chi connectivity index (χ3v) is 0.288. The summed E-state index contributed by atoms with van der Waals surface area (Å²) in [6.45, 7) is 1.98. The Hall–Kier alpha value is -0.265. The standard InChI is InChI=1S/C3H6BN/c1-2-3-5-4/h3H,2H2,1H3/b5-3+. The zero-order valence-electron chi connectivity index (χ0n) is 3.31. The van der Waals surface area contributed by atoms with Gasteiger partial charge in [-0.25, -0.2) is 0 Å². The van der Waals surface area contributed by atoms with Gasteiger partial charge in [0.05, 0.1) is 0 Å². The molecule has 0 bridgehead atoms. The SMILES string of the molecule is [B]/N=C/CC. The summed E-state index contributed by atoms with van der Waals surface area (Å²) < 4.78 is 0. The van der Waals surface area contributed by atoms with Gasteiger partial charge in [0.1, 0.15) is 0 Å². The van der Waals surface area contributed by atoms with Crippen LogP contribution in [0.1, 0.15) is 13.3 Å². The third-order valence-electron chi connectivity index (χ3n) is 0.288. The molecule has 0 saturated heterocycles.